The Labute approximate surface area is 131 Å². The Hall–Kier alpha value is -1.89. The molecule has 1 aromatic heterocycles. The van der Waals surface area contributed by atoms with Gasteiger partial charge >= 0.3 is 6.03 Å². The molecule has 1 aliphatic heterocycles. The molecule has 2 heterocycles. The van der Waals surface area contributed by atoms with Gasteiger partial charge in [0.1, 0.15) is 12.1 Å². The summed E-state index contributed by atoms with van der Waals surface area (Å²) in [5.41, 5.74) is 6.96. The number of carbonyl (C=O) groups is 1. The zero-order valence-electron chi connectivity index (χ0n) is 13.3. The molecule has 0 atom stereocenters. The molecule has 0 aromatic carbocycles. The Morgan fingerprint density at radius 3 is 2.50 bits per heavy atom. The van der Waals surface area contributed by atoms with Crippen molar-refractivity contribution in [2.45, 2.75) is 24.8 Å². The summed E-state index contributed by atoms with van der Waals surface area (Å²) in [5, 5.41) is 0. The molecular weight excluding hydrogens is 280 g/mol. The van der Waals surface area contributed by atoms with E-state index in [1.807, 2.05) is 4.90 Å². The van der Waals surface area contributed by atoms with Crippen LogP contribution in [-0.4, -0.2) is 72.1 Å². The van der Waals surface area contributed by atoms with Crippen LogP contribution in [0.3, 0.4) is 0 Å². The van der Waals surface area contributed by atoms with Crippen LogP contribution in [0, 0.1) is 0 Å². The van der Waals surface area contributed by atoms with Crippen LogP contribution in [0.15, 0.2) is 12.4 Å². The van der Waals surface area contributed by atoms with Crippen LogP contribution in [-0.2, 0) is 0 Å². The number of carbonyl (C=O) groups excluding carboxylic acids is 1. The van der Waals surface area contributed by atoms with Crippen LogP contribution in [0.5, 0.6) is 0 Å². The number of hydrogen-bond acceptors (Lipinski definition) is 5. The van der Waals surface area contributed by atoms with Crippen LogP contribution in [0.2, 0.25) is 0 Å². The molecule has 1 saturated carbocycles. The van der Waals surface area contributed by atoms with Crippen LogP contribution in [0.25, 0.3) is 0 Å². The third-order valence-corrected chi connectivity index (χ3v) is 4.52. The van der Waals surface area contributed by atoms with Crippen molar-refractivity contribution in [3.8, 4) is 0 Å². The quantitative estimate of drug-likeness (QED) is 0.860. The number of hydrogen-bond donors (Lipinski definition) is 1. The normalized spacial score (nSPS) is 24.9. The number of anilines is 1. The van der Waals surface area contributed by atoms with Crippen LogP contribution >= 0.6 is 0 Å². The molecule has 1 aromatic rings. The van der Waals surface area contributed by atoms with Crippen molar-refractivity contribution < 1.29 is 4.79 Å². The van der Waals surface area contributed by atoms with Crippen LogP contribution in [0.4, 0.5) is 10.6 Å². The van der Waals surface area contributed by atoms with E-state index in [9.17, 15) is 4.79 Å². The van der Waals surface area contributed by atoms with E-state index >= 15 is 0 Å². The van der Waals surface area contributed by atoms with Gasteiger partial charge in [-0.1, -0.05) is 0 Å². The van der Waals surface area contributed by atoms with Gasteiger partial charge in [-0.25, -0.2) is 14.8 Å². The van der Waals surface area contributed by atoms with E-state index in [-0.39, 0.29) is 6.03 Å². The number of amides is 2. The summed E-state index contributed by atoms with van der Waals surface area (Å²) in [7, 11) is 3.57. The molecule has 2 N–H and O–H groups in total. The van der Waals surface area contributed by atoms with Crippen molar-refractivity contribution in [3.63, 3.8) is 0 Å². The Kier molecular flexibility index (Phi) is 4.15. The highest BCUT2D eigenvalue weighted by atomic mass is 16.2. The fourth-order valence-corrected chi connectivity index (χ4v) is 3.07. The monoisotopic (exact) mass is 304 g/mol. The molecule has 2 fully saturated rings. The average Bonchev–Trinajstić information content (AvgIpc) is 2.51. The summed E-state index contributed by atoms with van der Waals surface area (Å²) < 4.78 is 0. The third kappa shape index (κ3) is 2.99. The number of rotatable bonds is 2. The Morgan fingerprint density at radius 2 is 1.91 bits per heavy atom. The van der Waals surface area contributed by atoms with E-state index in [0.717, 1.165) is 50.5 Å². The molecule has 120 valence electrons. The van der Waals surface area contributed by atoms with E-state index in [4.69, 9.17) is 5.73 Å². The lowest BCUT2D eigenvalue weighted by atomic mass is 9.78. The van der Waals surface area contributed by atoms with Gasteiger partial charge in [0.15, 0.2) is 0 Å². The zero-order chi connectivity index (χ0) is 15.7. The minimum Gasteiger partial charge on any atom is -0.353 e. The lowest BCUT2D eigenvalue weighted by molar-refractivity contribution is 0.168. The molecule has 7 nitrogen and oxygen atoms in total. The number of urea groups is 1. The van der Waals surface area contributed by atoms with Crippen molar-refractivity contribution >= 4 is 11.8 Å². The van der Waals surface area contributed by atoms with Gasteiger partial charge in [-0.3, -0.25) is 0 Å². The molecule has 3 rings (SSSR count). The largest absolute Gasteiger partial charge is 0.353 e. The van der Waals surface area contributed by atoms with Crippen molar-refractivity contribution in [3.05, 3.63) is 18.1 Å². The Morgan fingerprint density at radius 1 is 1.23 bits per heavy atom. The van der Waals surface area contributed by atoms with E-state index < -0.39 is 0 Å². The molecule has 0 bridgehead atoms. The smallest absolute Gasteiger partial charge is 0.319 e. The first-order valence-electron chi connectivity index (χ1n) is 7.83. The first kappa shape index (κ1) is 15.0. The first-order valence-corrected chi connectivity index (χ1v) is 7.83. The third-order valence-electron chi connectivity index (χ3n) is 4.52. The number of aromatic nitrogens is 2. The zero-order valence-corrected chi connectivity index (χ0v) is 13.3. The molecule has 1 saturated heterocycles. The number of piperazine rings is 1. The first-order chi connectivity index (χ1) is 10.5. The van der Waals surface area contributed by atoms with Gasteiger partial charge in [-0.05, 0) is 12.8 Å². The SMILES string of the molecule is CN(C)C(=O)N1CCN(c2cc(C3CC(N)C3)ncn2)CC1. The molecule has 7 heteroatoms. The molecular formula is C15H24N6O. The minimum atomic E-state index is 0.0754. The summed E-state index contributed by atoms with van der Waals surface area (Å²) >= 11 is 0. The van der Waals surface area contributed by atoms with E-state index in [1.54, 1.807) is 25.3 Å². The molecule has 0 spiro atoms. The van der Waals surface area contributed by atoms with Gasteiger partial charge in [0.05, 0.1) is 0 Å². The Bertz CT molecular complexity index is 535. The van der Waals surface area contributed by atoms with Crippen molar-refractivity contribution in [1.29, 1.82) is 0 Å². The van der Waals surface area contributed by atoms with E-state index in [0.29, 0.717) is 12.0 Å². The molecule has 0 radical (unpaired) electrons. The summed E-state index contributed by atoms with van der Waals surface area (Å²) in [6.07, 6.45) is 3.68. The standard InChI is InChI=1S/C15H24N6O/c1-19(2)15(22)21-5-3-20(4-6-21)14-9-13(17-10-18-14)11-7-12(16)8-11/h9-12H,3-8,16H2,1-2H3. The Balaban J connectivity index is 1.61. The van der Waals surface area contributed by atoms with E-state index in [1.165, 1.54) is 0 Å². The maximum absolute atomic E-state index is 12.0. The van der Waals surface area contributed by atoms with Gasteiger partial charge in [0, 0.05) is 64.0 Å². The van der Waals surface area contributed by atoms with Gasteiger partial charge in [-0.2, -0.15) is 0 Å². The van der Waals surface area contributed by atoms with Gasteiger partial charge in [0.2, 0.25) is 0 Å². The summed E-state index contributed by atoms with van der Waals surface area (Å²) in [6, 6.07) is 2.48. The highest BCUT2D eigenvalue weighted by molar-refractivity contribution is 5.74. The van der Waals surface area contributed by atoms with Gasteiger partial charge < -0.3 is 20.4 Å². The average molecular weight is 304 g/mol. The molecule has 0 unspecified atom stereocenters. The summed E-state index contributed by atoms with van der Waals surface area (Å²) in [6.45, 7) is 3.07. The second-order valence-electron chi connectivity index (χ2n) is 6.38. The van der Waals surface area contributed by atoms with Gasteiger partial charge in [0.25, 0.3) is 0 Å². The van der Waals surface area contributed by atoms with Crippen molar-refractivity contribution in [2.75, 3.05) is 45.2 Å². The lowest BCUT2D eigenvalue weighted by Crippen LogP contribution is -2.51. The van der Waals surface area contributed by atoms with Gasteiger partial charge in [-0.15, -0.1) is 0 Å². The van der Waals surface area contributed by atoms with E-state index in [2.05, 4.69) is 20.9 Å². The van der Waals surface area contributed by atoms with Crippen LogP contribution < -0.4 is 10.6 Å². The highest BCUT2D eigenvalue weighted by Gasteiger charge is 2.29. The fraction of sp³-hybridized carbons (Fsp3) is 0.667. The molecule has 1 aliphatic carbocycles. The summed E-state index contributed by atoms with van der Waals surface area (Å²) in [5.74, 6) is 1.44. The molecule has 2 aliphatic rings. The number of nitrogens with zero attached hydrogens (tertiary/aromatic N) is 5. The minimum absolute atomic E-state index is 0.0754. The topological polar surface area (TPSA) is 78.6 Å². The second kappa shape index (κ2) is 6.08. The fourth-order valence-electron chi connectivity index (χ4n) is 3.07. The maximum atomic E-state index is 12.0. The number of nitrogens with two attached hydrogens (primary N) is 1. The predicted molar refractivity (Wildman–Crippen MR) is 84.9 cm³/mol. The lowest BCUT2D eigenvalue weighted by Gasteiger charge is -2.37. The summed E-state index contributed by atoms with van der Waals surface area (Å²) in [4.78, 5) is 26.5. The second-order valence-corrected chi connectivity index (χ2v) is 6.38. The molecule has 2 amide bonds. The van der Waals surface area contributed by atoms with Crippen molar-refractivity contribution in [1.82, 2.24) is 19.8 Å². The maximum Gasteiger partial charge on any atom is 0.319 e. The predicted octanol–water partition coefficient (Wildman–Crippen LogP) is 0.485. The van der Waals surface area contributed by atoms with Crippen LogP contribution in [0.1, 0.15) is 24.5 Å². The van der Waals surface area contributed by atoms with Crippen molar-refractivity contribution in [2.24, 2.45) is 5.73 Å². The molecule has 22 heavy (non-hydrogen) atoms. The highest BCUT2D eigenvalue weighted by Crippen LogP contribution is 2.35.